The van der Waals surface area contributed by atoms with Crippen LogP contribution >= 0.6 is 0 Å². The Hall–Kier alpha value is -4.04. The van der Waals surface area contributed by atoms with Gasteiger partial charge in [-0.05, 0) is 67.0 Å². The van der Waals surface area contributed by atoms with Gasteiger partial charge in [-0.25, -0.2) is 0 Å². The number of anilines is 1. The minimum Gasteiger partial charge on any atom is -0.372 e. The summed E-state index contributed by atoms with van der Waals surface area (Å²) in [4.78, 5) is 10.5. The molecule has 0 aliphatic carbocycles. The summed E-state index contributed by atoms with van der Waals surface area (Å²) >= 11 is 0. The van der Waals surface area contributed by atoms with Crippen LogP contribution in [0.1, 0.15) is 39.0 Å². The first kappa shape index (κ1) is 27.0. The van der Waals surface area contributed by atoms with Crippen molar-refractivity contribution in [3.8, 4) is 23.6 Å². The predicted molar refractivity (Wildman–Crippen MR) is 162 cm³/mol. The van der Waals surface area contributed by atoms with Gasteiger partial charge in [0.05, 0.1) is 0 Å². The lowest BCUT2D eigenvalue weighted by atomic mass is 10.0. The molecule has 0 spiro atoms. The lowest BCUT2D eigenvalue weighted by molar-refractivity contribution is 0.189. The second kappa shape index (κ2) is 13.0. The zero-order chi connectivity index (χ0) is 26.9. The highest BCUT2D eigenvalue weighted by Crippen LogP contribution is 2.29. The van der Waals surface area contributed by atoms with Crippen molar-refractivity contribution < 1.29 is 0 Å². The maximum atomic E-state index is 5.29. The Kier molecular flexibility index (Phi) is 9.21. The molecule has 198 valence electrons. The van der Waals surface area contributed by atoms with Gasteiger partial charge in [-0.2, -0.15) is 0 Å². The second-order valence-corrected chi connectivity index (χ2v) is 10.1. The Labute approximate surface area is 228 Å². The van der Waals surface area contributed by atoms with Crippen LogP contribution < -0.4 is 10.2 Å². The number of unbranched alkanes of at least 4 members (excludes halogenated alkanes) is 3. The Morgan fingerprint density at radius 3 is 2.32 bits per heavy atom. The molecule has 2 heterocycles. The average Bonchev–Trinajstić information content (AvgIpc) is 3.41. The summed E-state index contributed by atoms with van der Waals surface area (Å²) in [5.41, 5.74) is 6.84. The van der Waals surface area contributed by atoms with Gasteiger partial charge in [0.25, 0.3) is 0 Å². The van der Waals surface area contributed by atoms with Crippen LogP contribution in [0.2, 0.25) is 0 Å². The van der Waals surface area contributed by atoms with E-state index in [1.165, 1.54) is 22.2 Å². The van der Waals surface area contributed by atoms with Crippen LogP contribution in [-0.2, 0) is 0 Å². The number of allylic oxidation sites excluding steroid dienone is 2. The highest BCUT2D eigenvalue weighted by atomic mass is 15.4. The van der Waals surface area contributed by atoms with Crippen molar-refractivity contribution >= 4 is 16.6 Å². The van der Waals surface area contributed by atoms with Gasteiger partial charge in [-0.3, -0.25) is 0 Å². The second-order valence-electron chi connectivity index (χ2n) is 10.1. The molecule has 1 aliphatic heterocycles. The van der Waals surface area contributed by atoms with E-state index in [1.54, 1.807) is 0 Å². The van der Waals surface area contributed by atoms with Gasteiger partial charge in [0.1, 0.15) is 5.82 Å². The van der Waals surface area contributed by atoms with Gasteiger partial charge in [0.15, 0.2) is 0 Å². The number of aromatic nitrogens is 1. The lowest BCUT2D eigenvalue weighted by Crippen LogP contribution is -2.48. The number of H-pyrrole nitrogens is 1. The average molecular weight is 508 g/mol. The summed E-state index contributed by atoms with van der Waals surface area (Å²) in [5.74, 6) is 1.08. The third-order valence-corrected chi connectivity index (χ3v) is 7.42. The Bertz CT molecular complexity index is 1280. The normalized spacial score (nSPS) is 13.3. The predicted octanol–water partition coefficient (Wildman–Crippen LogP) is 6.91. The molecule has 1 saturated heterocycles. The molecule has 0 unspecified atom stereocenters. The van der Waals surface area contributed by atoms with Crippen LogP contribution in [0.5, 0.6) is 0 Å². The van der Waals surface area contributed by atoms with E-state index in [1.807, 2.05) is 6.20 Å². The zero-order valence-corrected chi connectivity index (χ0v) is 22.8. The number of piperazine rings is 1. The zero-order valence-electron chi connectivity index (χ0n) is 22.8. The maximum Gasteiger partial charge on any atom is 0.101 e. The largest absolute Gasteiger partial charge is 0.372 e. The van der Waals surface area contributed by atoms with Gasteiger partial charge in [0, 0.05) is 67.6 Å². The third-order valence-electron chi connectivity index (χ3n) is 7.42. The Balaban J connectivity index is 1.42. The number of benzene rings is 2. The molecule has 0 amide bonds. The van der Waals surface area contributed by atoms with E-state index in [2.05, 4.69) is 106 Å². The fourth-order valence-electron chi connectivity index (χ4n) is 5.11. The fourth-order valence-corrected chi connectivity index (χ4v) is 5.11. The van der Waals surface area contributed by atoms with Crippen LogP contribution in [0.15, 0.2) is 91.7 Å². The molecule has 0 saturated carbocycles. The first-order valence-electron chi connectivity index (χ1n) is 13.6. The number of rotatable bonds is 13. The fraction of sp³-hybridized carbons (Fsp3) is 0.333. The van der Waals surface area contributed by atoms with Crippen molar-refractivity contribution in [2.24, 2.45) is 0 Å². The molecular weight excluding hydrogens is 466 g/mol. The summed E-state index contributed by atoms with van der Waals surface area (Å²) in [6.07, 6.45) is 12.7. The SMILES string of the molecule is C#CNC(=C)CCCCCCN(C(=C)N1CCN(C(=C)C)CC1)c1ccc(-c2ccc3cc[nH]c3c2)cc1. The standard InChI is InChI=1S/C33H41N5/c1-6-34-27(4)11-9-7-8-10-20-38(28(5)37-23-21-36(22-24-37)26(2)3)32-16-14-29(15-17-32)31-13-12-30-18-19-35-33(30)25-31/h1,12-19,25,34-35H,2,4-5,7-11,20-24H2,3H3. The van der Waals surface area contributed by atoms with E-state index < -0.39 is 0 Å². The van der Waals surface area contributed by atoms with Gasteiger partial charge in [-0.15, -0.1) is 0 Å². The van der Waals surface area contributed by atoms with E-state index in [9.17, 15) is 0 Å². The van der Waals surface area contributed by atoms with Crippen molar-refractivity contribution in [2.45, 2.75) is 39.0 Å². The molecule has 5 heteroatoms. The lowest BCUT2D eigenvalue weighted by Gasteiger charge is -2.41. The summed E-state index contributed by atoms with van der Waals surface area (Å²) in [6.45, 7) is 19.6. The summed E-state index contributed by atoms with van der Waals surface area (Å²) in [5, 5.41) is 4.09. The Morgan fingerprint density at radius 2 is 1.61 bits per heavy atom. The van der Waals surface area contributed by atoms with Crippen LogP contribution in [0.3, 0.4) is 0 Å². The summed E-state index contributed by atoms with van der Waals surface area (Å²) in [6, 6.07) is 20.1. The molecule has 0 bridgehead atoms. The Morgan fingerprint density at radius 1 is 0.921 bits per heavy atom. The molecule has 4 rings (SSSR count). The first-order valence-corrected chi connectivity index (χ1v) is 13.6. The number of terminal acetylenes is 1. The minimum atomic E-state index is 0.920. The monoisotopic (exact) mass is 507 g/mol. The highest BCUT2D eigenvalue weighted by molar-refractivity contribution is 5.85. The van der Waals surface area contributed by atoms with Gasteiger partial charge < -0.3 is 25.0 Å². The molecule has 2 N–H and O–H groups in total. The number of nitrogens with one attached hydrogen (secondary N) is 2. The van der Waals surface area contributed by atoms with E-state index in [0.29, 0.717) is 0 Å². The van der Waals surface area contributed by atoms with E-state index >= 15 is 0 Å². The van der Waals surface area contributed by atoms with Crippen molar-refractivity contribution in [3.63, 3.8) is 0 Å². The number of nitrogens with zero attached hydrogens (tertiary/aromatic N) is 3. The van der Waals surface area contributed by atoms with Gasteiger partial charge in [0.2, 0.25) is 0 Å². The molecule has 1 aromatic heterocycles. The molecule has 38 heavy (non-hydrogen) atoms. The topological polar surface area (TPSA) is 37.5 Å². The van der Waals surface area contributed by atoms with Crippen LogP contribution in [0, 0.1) is 12.5 Å². The molecule has 1 fully saturated rings. The molecule has 5 nitrogen and oxygen atoms in total. The highest BCUT2D eigenvalue weighted by Gasteiger charge is 2.21. The number of hydrogen-bond acceptors (Lipinski definition) is 4. The number of fused-ring (bicyclic) bond motifs is 1. The third kappa shape index (κ3) is 6.83. The summed E-state index contributed by atoms with van der Waals surface area (Å²) in [7, 11) is 0. The quantitative estimate of drug-likeness (QED) is 0.150. The van der Waals surface area contributed by atoms with Crippen LogP contribution in [0.4, 0.5) is 5.69 Å². The first-order chi connectivity index (χ1) is 18.5. The van der Waals surface area contributed by atoms with Crippen molar-refractivity contribution in [3.05, 3.63) is 91.7 Å². The van der Waals surface area contributed by atoms with Crippen molar-refractivity contribution in [1.82, 2.24) is 20.1 Å². The molecule has 0 atom stereocenters. The van der Waals surface area contributed by atoms with Gasteiger partial charge >= 0.3 is 0 Å². The molecule has 1 aliphatic rings. The molecule has 0 radical (unpaired) electrons. The van der Waals surface area contributed by atoms with Crippen molar-refractivity contribution in [1.29, 1.82) is 0 Å². The molecule has 2 aromatic carbocycles. The van der Waals surface area contributed by atoms with E-state index in [0.717, 1.165) is 87.6 Å². The number of aromatic amines is 1. The van der Waals surface area contributed by atoms with E-state index in [-0.39, 0.29) is 0 Å². The smallest absolute Gasteiger partial charge is 0.101 e. The van der Waals surface area contributed by atoms with Gasteiger partial charge in [-0.1, -0.05) is 63.3 Å². The molecular formula is C33H41N5. The van der Waals surface area contributed by atoms with Crippen LogP contribution in [-0.4, -0.2) is 47.5 Å². The van der Waals surface area contributed by atoms with Crippen LogP contribution in [0.25, 0.3) is 22.0 Å². The summed E-state index contributed by atoms with van der Waals surface area (Å²) < 4.78 is 0. The number of hydrogen-bond donors (Lipinski definition) is 2. The minimum absolute atomic E-state index is 0.920. The van der Waals surface area contributed by atoms with E-state index in [4.69, 9.17) is 6.42 Å². The molecule has 3 aromatic rings. The van der Waals surface area contributed by atoms with Crippen molar-refractivity contribution in [2.75, 3.05) is 37.6 Å². The maximum absolute atomic E-state index is 5.29.